The van der Waals surface area contributed by atoms with Gasteiger partial charge < -0.3 is 5.73 Å². The maximum atomic E-state index is 5.65. The minimum Gasteiger partial charge on any atom is -0.400 e. The summed E-state index contributed by atoms with van der Waals surface area (Å²) in [5.74, 6) is 0.748. The van der Waals surface area contributed by atoms with Gasteiger partial charge in [-0.3, -0.25) is 4.99 Å². The predicted molar refractivity (Wildman–Crippen MR) is 51.1 cm³/mol. The number of rotatable bonds is 1. The summed E-state index contributed by atoms with van der Waals surface area (Å²) in [5.41, 5.74) is 10.6. The van der Waals surface area contributed by atoms with Gasteiger partial charge in [-0.1, -0.05) is 12.5 Å². The third kappa shape index (κ3) is 0.986. The van der Waals surface area contributed by atoms with Crippen LogP contribution in [0.1, 0.15) is 20.3 Å². The van der Waals surface area contributed by atoms with Gasteiger partial charge in [-0.2, -0.15) is 0 Å². The Balaban J connectivity index is 2.24. The molecule has 0 fully saturated rings. The molecule has 1 aliphatic carbocycles. The minimum absolute atomic E-state index is 0.695. The molecule has 0 aromatic carbocycles. The van der Waals surface area contributed by atoms with Crippen LogP contribution < -0.4 is 5.73 Å². The number of allylic oxidation sites excluding steroid dienone is 3. The first-order chi connectivity index (χ1) is 5.68. The highest BCUT2D eigenvalue weighted by atomic mass is 14.8. The van der Waals surface area contributed by atoms with Crippen molar-refractivity contribution >= 4 is 5.71 Å². The first-order valence-electron chi connectivity index (χ1n) is 4.39. The predicted octanol–water partition coefficient (Wildman–Crippen LogP) is 1.64. The molecule has 1 aliphatic heterocycles. The van der Waals surface area contributed by atoms with E-state index in [1.165, 1.54) is 17.6 Å². The Bertz CT molecular complexity index is 308. The molecule has 0 saturated heterocycles. The van der Waals surface area contributed by atoms with Gasteiger partial charge in [-0.05, 0) is 30.9 Å². The summed E-state index contributed by atoms with van der Waals surface area (Å²) in [6.45, 7) is 5.14. The van der Waals surface area contributed by atoms with Gasteiger partial charge >= 0.3 is 0 Å². The Morgan fingerprint density at radius 2 is 2.33 bits per heavy atom. The Labute approximate surface area is 72.9 Å². The molecule has 64 valence electrons. The first kappa shape index (κ1) is 7.59. The number of aliphatic imine (C=N–C) groups is 1. The largest absolute Gasteiger partial charge is 0.400 e. The number of hydrogen-bond acceptors (Lipinski definition) is 2. The van der Waals surface area contributed by atoms with E-state index in [0.29, 0.717) is 6.54 Å². The lowest BCUT2D eigenvalue weighted by Crippen LogP contribution is -2.18. The highest BCUT2D eigenvalue weighted by Crippen LogP contribution is 2.35. The molecular formula is C10H14N2. The second kappa shape index (κ2) is 2.47. The van der Waals surface area contributed by atoms with E-state index in [1.807, 2.05) is 6.08 Å². The molecule has 0 radical (unpaired) electrons. The van der Waals surface area contributed by atoms with E-state index in [2.05, 4.69) is 18.8 Å². The van der Waals surface area contributed by atoms with Crippen LogP contribution in [0.5, 0.6) is 0 Å². The summed E-state index contributed by atoms with van der Waals surface area (Å²) in [6.07, 6.45) is 3.18. The van der Waals surface area contributed by atoms with Crippen LogP contribution >= 0.6 is 0 Å². The molecule has 2 N–H and O–H groups in total. The summed E-state index contributed by atoms with van der Waals surface area (Å²) in [6, 6.07) is 0. The molecule has 0 saturated carbocycles. The summed E-state index contributed by atoms with van der Waals surface area (Å²) >= 11 is 0. The van der Waals surface area contributed by atoms with E-state index >= 15 is 0 Å². The van der Waals surface area contributed by atoms with Crippen molar-refractivity contribution in [1.82, 2.24) is 0 Å². The highest BCUT2D eigenvalue weighted by molar-refractivity contribution is 6.11. The van der Waals surface area contributed by atoms with E-state index in [-0.39, 0.29) is 0 Å². The average molecular weight is 162 g/mol. The standard InChI is InChI=1S/C10H14N2/c1-6-3-9(7(6)2)10-4-8(11)5-12-10/h4,6H,3,5,11H2,1-2H3. The Morgan fingerprint density at radius 1 is 1.58 bits per heavy atom. The van der Waals surface area contributed by atoms with Gasteiger partial charge in [0.05, 0.1) is 12.3 Å². The van der Waals surface area contributed by atoms with Gasteiger partial charge in [0, 0.05) is 5.70 Å². The molecule has 0 aromatic rings. The molecule has 1 heterocycles. The SMILES string of the molecule is CC1=C(C2=NCC(N)=C2)CC1C. The highest BCUT2D eigenvalue weighted by Gasteiger charge is 2.25. The van der Waals surface area contributed by atoms with E-state index in [4.69, 9.17) is 5.73 Å². The number of nitrogens with two attached hydrogens (primary N) is 1. The van der Waals surface area contributed by atoms with Gasteiger partial charge in [-0.15, -0.1) is 0 Å². The van der Waals surface area contributed by atoms with Crippen molar-refractivity contribution in [2.24, 2.45) is 16.6 Å². The monoisotopic (exact) mass is 162 g/mol. The average Bonchev–Trinajstić information content (AvgIpc) is 2.46. The number of hydrogen-bond donors (Lipinski definition) is 1. The topological polar surface area (TPSA) is 38.4 Å². The number of nitrogens with zero attached hydrogens (tertiary/aromatic N) is 1. The van der Waals surface area contributed by atoms with Crippen molar-refractivity contribution in [3.8, 4) is 0 Å². The maximum absolute atomic E-state index is 5.65. The Kier molecular flexibility index (Phi) is 1.56. The first-order valence-corrected chi connectivity index (χ1v) is 4.39. The molecule has 2 nitrogen and oxygen atoms in total. The molecule has 0 aromatic heterocycles. The Morgan fingerprint density at radius 3 is 2.75 bits per heavy atom. The minimum atomic E-state index is 0.695. The zero-order chi connectivity index (χ0) is 8.72. The van der Waals surface area contributed by atoms with Crippen molar-refractivity contribution in [2.45, 2.75) is 20.3 Å². The smallest absolute Gasteiger partial charge is 0.0792 e. The van der Waals surface area contributed by atoms with Crippen LogP contribution in [-0.2, 0) is 0 Å². The fourth-order valence-electron chi connectivity index (χ4n) is 1.72. The molecule has 1 atom stereocenters. The third-order valence-corrected chi connectivity index (χ3v) is 2.79. The van der Waals surface area contributed by atoms with Gasteiger partial charge in [0.1, 0.15) is 0 Å². The molecular weight excluding hydrogens is 148 g/mol. The molecule has 0 bridgehead atoms. The Hall–Kier alpha value is -1.05. The van der Waals surface area contributed by atoms with Crippen LogP contribution in [0.3, 0.4) is 0 Å². The summed E-state index contributed by atoms with van der Waals surface area (Å²) in [7, 11) is 0. The van der Waals surface area contributed by atoms with Crippen LogP contribution in [0.15, 0.2) is 27.9 Å². The zero-order valence-corrected chi connectivity index (χ0v) is 7.59. The van der Waals surface area contributed by atoms with Crippen LogP contribution in [0.25, 0.3) is 0 Å². The summed E-state index contributed by atoms with van der Waals surface area (Å²) < 4.78 is 0. The molecule has 1 unspecified atom stereocenters. The van der Waals surface area contributed by atoms with E-state index in [1.54, 1.807) is 0 Å². The van der Waals surface area contributed by atoms with Crippen molar-refractivity contribution in [3.05, 3.63) is 22.9 Å². The zero-order valence-electron chi connectivity index (χ0n) is 7.59. The molecule has 2 heteroatoms. The normalized spacial score (nSPS) is 28.3. The fourth-order valence-corrected chi connectivity index (χ4v) is 1.72. The van der Waals surface area contributed by atoms with E-state index in [9.17, 15) is 0 Å². The lowest BCUT2D eigenvalue weighted by molar-refractivity contribution is 0.605. The quantitative estimate of drug-likeness (QED) is 0.625. The maximum Gasteiger partial charge on any atom is 0.0792 e. The van der Waals surface area contributed by atoms with Crippen molar-refractivity contribution in [1.29, 1.82) is 0 Å². The van der Waals surface area contributed by atoms with Crippen molar-refractivity contribution in [2.75, 3.05) is 6.54 Å². The lowest BCUT2D eigenvalue weighted by Gasteiger charge is -2.28. The van der Waals surface area contributed by atoms with Gasteiger partial charge in [-0.25, -0.2) is 0 Å². The van der Waals surface area contributed by atoms with Gasteiger partial charge in [0.25, 0.3) is 0 Å². The van der Waals surface area contributed by atoms with Crippen LogP contribution in [-0.4, -0.2) is 12.3 Å². The fraction of sp³-hybridized carbons (Fsp3) is 0.500. The van der Waals surface area contributed by atoms with Gasteiger partial charge in [0.15, 0.2) is 0 Å². The van der Waals surface area contributed by atoms with Crippen LogP contribution in [0, 0.1) is 5.92 Å². The van der Waals surface area contributed by atoms with E-state index < -0.39 is 0 Å². The second-order valence-corrected chi connectivity index (χ2v) is 3.69. The lowest BCUT2D eigenvalue weighted by atomic mass is 9.77. The van der Waals surface area contributed by atoms with Crippen LogP contribution in [0.2, 0.25) is 0 Å². The van der Waals surface area contributed by atoms with Crippen molar-refractivity contribution in [3.63, 3.8) is 0 Å². The molecule has 2 aliphatic rings. The molecule has 0 spiro atoms. The van der Waals surface area contributed by atoms with Crippen molar-refractivity contribution < 1.29 is 0 Å². The summed E-state index contributed by atoms with van der Waals surface area (Å²) in [4.78, 5) is 4.36. The van der Waals surface area contributed by atoms with E-state index in [0.717, 1.165) is 17.3 Å². The van der Waals surface area contributed by atoms with Gasteiger partial charge in [0.2, 0.25) is 0 Å². The molecule has 2 rings (SSSR count). The third-order valence-electron chi connectivity index (χ3n) is 2.79. The second-order valence-electron chi connectivity index (χ2n) is 3.69. The molecule has 0 amide bonds. The molecule has 12 heavy (non-hydrogen) atoms. The van der Waals surface area contributed by atoms with Crippen LogP contribution in [0.4, 0.5) is 0 Å². The summed E-state index contributed by atoms with van der Waals surface area (Å²) in [5, 5.41) is 0.